The van der Waals surface area contributed by atoms with Crippen molar-refractivity contribution in [3.63, 3.8) is 0 Å². The second-order valence-electron chi connectivity index (χ2n) is 15.2. The predicted molar refractivity (Wildman–Crippen MR) is 246 cm³/mol. The van der Waals surface area contributed by atoms with Crippen LogP contribution in [0.15, 0.2) is 194 Å². The standard InChI is InChI=1S/C53H32N4S/c1-2-12-35(13-3-1)55-47-20-10-7-17-40(47)42-28-33(23-26-49(42)55)34-22-25-41-39-16-6-11-21-48(39)57(50(41)29-34)53-31-44-43-30-36(24-27-51(43)58-52(44)32-54-53)56-45-18-8-4-14-37(45)38-15-5-9-19-46(38)56/h1-32H. The lowest BCUT2D eigenvalue weighted by Gasteiger charge is -2.10. The van der Waals surface area contributed by atoms with Crippen molar-refractivity contribution in [1.29, 1.82) is 0 Å². The van der Waals surface area contributed by atoms with Crippen LogP contribution in [0.3, 0.4) is 0 Å². The first-order valence-corrected chi connectivity index (χ1v) is 20.5. The zero-order chi connectivity index (χ0) is 37.9. The fourth-order valence-electron chi connectivity index (χ4n) is 9.53. The minimum Gasteiger partial charge on any atom is -0.309 e. The Morgan fingerprint density at radius 1 is 0.310 bits per heavy atom. The largest absolute Gasteiger partial charge is 0.309 e. The SMILES string of the molecule is c1ccc(-n2c3ccccc3c3cc(-c4ccc5c6ccccc6n(-c6cc7c(cn6)sc6ccc(-n8c9ccccc9c9ccccc98)cc67)c5c4)ccc32)cc1. The fraction of sp³-hybridized carbons (Fsp3) is 0. The van der Waals surface area contributed by atoms with Crippen molar-refractivity contribution in [2.75, 3.05) is 0 Å². The van der Waals surface area contributed by atoms with E-state index in [2.05, 4.69) is 208 Å². The van der Waals surface area contributed by atoms with Gasteiger partial charge in [-0.05, 0) is 90.0 Å². The Labute approximate surface area is 336 Å². The van der Waals surface area contributed by atoms with E-state index in [0.29, 0.717) is 0 Å². The van der Waals surface area contributed by atoms with E-state index in [1.807, 2.05) is 0 Å². The molecule has 58 heavy (non-hydrogen) atoms. The van der Waals surface area contributed by atoms with Crippen LogP contribution in [0.1, 0.15) is 0 Å². The Hall–Kier alpha value is -7.47. The van der Waals surface area contributed by atoms with E-state index in [9.17, 15) is 0 Å². The molecule has 0 aliphatic heterocycles. The van der Waals surface area contributed by atoms with Crippen LogP contribution in [-0.4, -0.2) is 18.7 Å². The van der Waals surface area contributed by atoms with Gasteiger partial charge in [0.1, 0.15) is 5.82 Å². The third-order valence-corrected chi connectivity index (χ3v) is 13.2. The highest BCUT2D eigenvalue weighted by Crippen LogP contribution is 2.41. The summed E-state index contributed by atoms with van der Waals surface area (Å²) in [5.41, 5.74) is 11.8. The summed E-state index contributed by atoms with van der Waals surface area (Å²) in [6, 6.07) is 68.6. The average molecular weight is 757 g/mol. The van der Waals surface area contributed by atoms with Gasteiger partial charge in [0.2, 0.25) is 0 Å². The number of nitrogens with zero attached hydrogens (tertiary/aromatic N) is 4. The molecule has 0 radical (unpaired) electrons. The zero-order valence-electron chi connectivity index (χ0n) is 31.2. The van der Waals surface area contributed by atoms with E-state index < -0.39 is 0 Å². The van der Waals surface area contributed by atoms with Gasteiger partial charge in [-0.3, -0.25) is 4.57 Å². The summed E-state index contributed by atoms with van der Waals surface area (Å²) in [5.74, 6) is 0.916. The number of rotatable bonds is 4. The van der Waals surface area contributed by atoms with E-state index in [-0.39, 0.29) is 0 Å². The number of hydrogen-bond donors (Lipinski definition) is 0. The molecule has 5 heterocycles. The first kappa shape index (κ1) is 31.7. The number of aromatic nitrogens is 4. The maximum Gasteiger partial charge on any atom is 0.138 e. The van der Waals surface area contributed by atoms with Gasteiger partial charge in [0.15, 0.2) is 0 Å². The van der Waals surface area contributed by atoms with Gasteiger partial charge in [-0.2, -0.15) is 0 Å². The van der Waals surface area contributed by atoms with Gasteiger partial charge in [0.25, 0.3) is 0 Å². The highest BCUT2D eigenvalue weighted by atomic mass is 32.1. The Bertz CT molecular complexity index is 3750. The second-order valence-corrected chi connectivity index (χ2v) is 16.3. The van der Waals surface area contributed by atoms with Gasteiger partial charge >= 0.3 is 0 Å². The van der Waals surface area contributed by atoms with Crippen molar-refractivity contribution in [3.05, 3.63) is 194 Å². The first-order valence-electron chi connectivity index (χ1n) is 19.7. The molecule has 5 heteroatoms. The Morgan fingerprint density at radius 2 is 0.828 bits per heavy atom. The van der Waals surface area contributed by atoms with Crippen molar-refractivity contribution in [2.45, 2.75) is 0 Å². The molecule has 0 saturated carbocycles. The molecule has 4 nitrogen and oxygen atoms in total. The van der Waals surface area contributed by atoms with Crippen molar-refractivity contribution < 1.29 is 0 Å². The molecule has 0 N–H and O–H groups in total. The molecule has 0 atom stereocenters. The quantitative estimate of drug-likeness (QED) is 0.176. The topological polar surface area (TPSA) is 27.7 Å². The molecule has 8 aromatic carbocycles. The predicted octanol–water partition coefficient (Wildman–Crippen LogP) is 14.4. The molecule has 5 aromatic heterocycles. The van der Waals surface area contributed by atoms with E-state index in [1.165, 1.54) is 85.7 Å². The monoisotopic (exact) mass is 756 g/mol. The summed E-state index contributed by atoms with van der Waals surface area (Å²) in [5, 5.41) is 9.92. The van der Waals surface area contributed by atoms with Crippen LogP contribution < -0.4 is 0 Å². The number of benzene rings is 8. The minimum atomic E-state index is 0.916. The zero-order valence-corrected chi connectivity index (χ0v) is 32.0. The summed E-state index contributed by atoms with van der Waals surface area (Å²) >= 11 is 1.81. The number of pyridine rings is 1. The minimum absolute atomic E-state index is 0.916. The maximum absolute atomic E-state index is 5.17. The molecule has 13 aromatic rings. The highest BCUT2D eigenvalue weighted by molar-refractivity contribution is 7.25. The van der Waals surface area contributed by atoms with E-state index in [0.717, 1.165) is 28.2 Å². The lowest BCUT2D eigenvalue weighted by molar-refractivity contribution is 1.09. The number of fused-ring (bicyclic) bond motifs is 12. The molecule has 0 bridgehead atoms. The van der Waals surface area contributed by atoms with Crippen LogP contribution in [0.4, 0.5) is 0 Å². The van der Waals surface area contributed by atoms with Crippen LogP contribution in [0.2, 0.25) is 0 Å². The van der Waals surface area contributed by atoms with Crippen LogP contribution >= 0.6 is 11.3 Å². The van der Waals surface area contributed by atoms with Gasteiger partial charge < -0.3 is 9.13 Å². The van der Waals surface area contributed by atoms with Crippen LogP contribution in [0, 0.1) is 0 Å². The van der Waals surface area contributed by atoms with Crippen LogP contribution in [-0.2, 0) is 0 Å². The number of hydrogen-bond acceptors (Lipinski definition) is 2. The smallest absolute Gasteiger partial charge is 0.138 e. The Kier molecular flexibility index (Phi) is 6.57. The van der Waals surface area contributed by atoms with Gasteiger partial charge in [0.05, 0.1) is 37.8 Å². The van der Waals surface area contributed by atoms with E-state index in [4.69, 9.17) is 4.98 Å². The molecular formula is C53H32N4S. The highest BCUT2D eigenvalue weighted by Gasteiger charge is 2.19. The molecule has 0 amide bonds. The average Bonchev–Trinajstić information content (AvgIpc) is 4.02. The van der Waals surface area contributed by atoms with E-state index in [1.54, 1.807) is 11.3 Å². The van der Waals surface area contributed by atoms with Gasteiger partial charge in [-0.1, -0.05) is 109 Å². The lowest BCUT2D eigenvalue weighted by Crippen LogP contribution is -1.97. The molecule has 0 aliphatic carbocycles. The molecule has 0 aliphatic rings. The molecule has 13 rings (SSSR count). The Balaban J connectivity index is 0.999. The third-order valence-electron chi connectivity index (χ3n) is 12.1. The summed E-state index contributed by atoms with van der Waals surface area (Å²) in [6.07, 6.45) is 2.07. The van der Waals surface area contributed by atoms with Crippen molar-refractivity contribution in [3.8, 4) is 28.3 Å². The van der Waals surface area contributed by atoms with Gasteiger partial charge in [-0.15, -0.1) is 11.3 Å². The molecular weight excluding hydrogens is 725 g/mol. The van der Waals surface area contributed by atoms with Crippen molar-refractivity contribution in [2.24, 2.45) is 0 Å². The fourth-order valence-corrected chi connectivity index (χ4v) is 10.6. The van der Waals surface area contributed by atoms with Crippen molar-refractivity contribution >= 4 is 96.9 Å². The number of thiophene rings is 1. The maximum atomic E-state index is 5.17. The normalized spacial score (nSPS) is 12.1. The first-order chi connectivity index (χ1) is 28.8. The molecule has 0 unspecified atom stereocenters. The van der Waals surface area contributed by atoms with Crippen molar-refractivity contribution in [1.82, 2.24) is 18.7 Å². The summed E-state index contributed by atoms with van der Waals surface area (Å²) in [7, 11) is 0. The summed E-state index contributed by atoms with van der Waals surface area (Å²) in [6.45, 7) is 0. The number of para-hydroxylation sites is 5. The molecule has 270 valence electrons. The van der Waals surface area contributed by atoms with Crippen LogP contribution in [0.25, 0.3) is 114 Å². The summed E-state index contributed by atoms with van der Waals surface area (Å²) < 4.78 is 9.57. The third kappa shape index (κ3) is 4.47. The second kappa shape index (κ2) is 12.0. The van der Waals surface area contributed by atoms with Gasteiger partial charge in [0, 0.05) is 65.4 Å². The molecule has 0 fully saturated rings. The van der Waals surface area contributed by atoms with E-state index >= 15 is 0 Å². The summed E-state index contributed by atoms with van der Waals surface area (Å²) in [4.78, 5) is 5.17. The van der Waals surface area contributed by atoms with Gasteiger partial charge in [-0.25, -0.2) is 4.98 Å². The van der Waals surface area contributed by atoms with Crippen LogP contribution in [0.5, 0.6) is 0 Å². The molecule has 0 saturated heterocycles. The Morgan fingerprint density at radius 3 is 1.52 bits per heavy atom. The lowest BCUT2D eigenvalue weighted by atomic mass is 10.0. The molecule has 0 spiro atoms.